The van der Waals surface area contributed by atoms with Crippen molar-refractivity contribution in [1.29, 1.82) is 0 Å². The molecule has 4 nitrogen and oxygen atoms in total. The van der Waals surface area contributed by atoms with Gasteiger partial charge in [0.05, 0.1) is 6.61 Å². The Morgan fingerprint density at radius 2 is 2.19 bits per heavy atom. The smallest absolute Gasteiger partial charge is 0.223 e. The maximum Gasteiger partial charge on any atom is 0.223 e. The first-order chi connectivity index (χ1) is 10.2. The molecule has 1 heterocycles. The van der Waals surface area contributed by atoms with Gasteiger partial charge in [0.25, 0.3) is 0 Å². The van der Waals surface area contributed by atoms with Gasteiger partial charge in [-0.1, -0.05) is 6.92 Å². The Morgan fingerprint density at radius 3 is 2.76 bits per heavy atom. The first-order valence-corrected chi connectivity index (χ1v) is 8.18. The van der Waals surface area contributed by atoms with E-state index in [1.807, 2.05) is 11.0 Å². The summed E-state index contributed by atoms with van der Waals surface area (Å²) < 4.78 is 5.85. The average Bonchev–Trinajstić information content (AvgIpc) is 2.97. The molecule has 21 heavy (non-hydrogen) atoms. The van der Waals surface area contributed by atoms with Crippen LogP contribution < -0.4 is 0 Å². The average molecular weight is 291 g/mol. The summed E-state index contributed by atoms with van der Waals surface area (Å²) >= 11 is 0. The number of amides is 1. The van der Waals surface area contributed by atoms with Crippen LogP contribution in [0.4, 0.5) is 0 Å². The Bertz CT molecular complexity index is 492. The highest BCUT2D eigenvalue weighted by Crippen LogP contribution is 2.47. The van der Waals surface area contributed by atoms with Gasteiger partial charge in [-0.25, -0.2) is 0 Å². The van der Waals surface area contributed by atoms with Crippen molar-refractivity contribution in [1.82, 2.24) is 4.90 Å². The quantitative estimate of drug-likeness (QED) is 0.840. The molecular weight excluding hydrogens is 266 g/mol. The van der Waals surface area contributed by atoms with Crippen LogP contribution in [-0.2, 0) is 11.2 Å². The van der Waals surface area contributed by atoms with Crippen LogP contribution in [0.1, 0.15) is 56.5 Å². The number of aliphatic hydroxyl groups excluding tert-OH is 1. The van der Waals surface area contributed by atoms with Gasteiger partial charge in [-0.05, 0) is 43.7 Å². The molecule has 1 amide bonds. The molecule has 2 unspecified atom stereocenters. The molecule has 2 saturated carbocycles. The Hall–Kier alpha value is -1.29. The van der Waals surface area contributed by atoms with E-state index in [2.05, 4.69) is 13.0 Å². The van der Waals surface area contributed by atoms with Crippen molar-refractivity contribution in [3.05, 3.63) is 23.7 Å². The predicted molar refractivity (Wildman–Crippen MR) is 80.0 cm³/mol. The molecule has 3 rings (SSSR count). The molecule has 0 spiro atoms. The molecule has 0 aliphatic heterocycles. The van der Waals surface area contributed by atoms with Crippen LogP contribution in [0, 0.1) is 5.92 Å². The Labute approximate surface area is 126 Å². The third-order valence-corrected chi connectivity index (χ3v) is 4.92. The number of hydrogen-bond acceptors (Lipinski definition) is 3. The lowest BCUT2D eigenvalue weighted by molar-refractivity contribution is -0.135. The lowest BCUT2D eigenvalue weighted by Crippen LogP contribution is -2.45. The fourth-order valence-corrected chi connectivity index (χ4v) is 3.14. The van der Waals surface area contributed by atoms with Gasteiger partial charge in [0.1, 0.15) is 11.5 Å². The number of hydrogen-bond donors (Lipinski definition) is 1. The van der Waals surface area contributed by atoms with Crippen LogP contribution >= 0.6 is 0 Å². The third kappa shape index (κ3) is 3.31. The number of carbonyl (C=O) groups is 1. The fraction of sp³-hybridized carbons (Fsp3) is 0.706. The van der Waals surface area contributed by atoms with Crippen molar-refractivity contribution in [3.8, 4) is 0 Å². The van der Waals surface area contributed by atoms with Crippen LogP contribution in [0.3, 0.4) is 0 Å². The molecule has 0 bridgehead atoms. The highest BCUT2D eigenvalue weighted by Gasteiger charge is 2.36. The second-order valence-electron chi connectivity index (χ2n) is 6.52. The third-order valence-electron chi connectivity index (χ3n) is 4.92. The molecule has 2 aliphatic rings. The van der Waals surface area contributed by atoms with Gasteiger partial charge >= 0.3 is 0 Å². The summed E-state index contributed by atoms with van der Waals surface area (Å²) in [6.07, 6.45) is 5.71. The number of aryl methyl sites for hydroxylation is 1. The van der Waals surface area contributed by atoms with E-state index in [1.165, 1.54) is 12.8 Å². The molecule has 1 N–H and O–H groups in total. The van der Waals surface area contributed by atoms with Crippen molar-refractivity contribution in [2.24, 2.45) is 5.92 Å². The lowest BCUT2D eigenvalue weighted by Gasteiger charge is -2.37. The largest absolute Gasteiger partial charge is 0.466 e. The minimum absolute atomic E-state index is 0.0483. The minimum Gasteiger partial charge on any atom is -0.466 e. The first-order valence-electron chi connectivity index (χ1n) is 8.18. The molecule has 1 aromatic heterocycles. The zero-order chi connectivity index (χ0) is 14.8. The molecule has 2 fully saturated rings. The summed E-state index contributed by atoms with van der Waals surface area (Å²) in [5.74, 6) is 3.47. The number of nitrogens with zero attached hydrogens (tertiary/aromatic N) is 1. The molecule has 116 valence electrons. The van der Waals surface area contributed by atoms with E-state index >= 15 is 0 Å². The van der Waals surface area contributed by atoms with E-state index in [-0.39, 0.29) is 12.5 Å². The zero-order valence-electron chi connectivity index (χ0n) is 12.8. The summed E-state index contributed by atoms with van der Waals surface area (Å²) in [5, 5.41) is 9.12. The van der Waals surface area contributed by atoms with E-state index in [0.29, 0.717) is 31.3 Å². The number of furan rings is 1. The van der Waals surface area contributed by atoms with E-state index in [4.69, 9.17) is 9.52 Å². The van der Waals surface area contributed by atoms with Gasteiger partial charge in [0.2, 0.25) is 5.91 Å². The molecule has 2 aliphatic carbocycles. The molecule has 2 atom stereocenters. The summed E-state index contributed by atoms with van der Waals surface area (Å²) in [6.45, 7) is 2.75. The van der Waals surface area contributed by atoms with E-state index in [1.54, 1.807) is 0 Å². The predicted octanol–water partition coefficient (Wildman–Crippen LogP) is 2.71. The summed E-state index contributed by atoms with van der Waals surface area (Å²) in [7, 11) is 0. The van der Waals surface area contributed by atoms with E-state index < -0.39 is 0 Å². The van der Waals surface area contributed by atoms with Crippen molar-refractivity contribution in [2.75, 3.05) is 13.2 Å². The van der Waals surface area contributed by atoms with Gasteiger partial charge in [0.15, 0.2) is 0 Å². The zero-order valence-corrected chi connectivity index (χ0v) is 12.8. The monoisotopic (exact) mass is 291 g/mol. The minimum atomic E-state index is 0.0483. The highest BCUT2D eigenvalue weighted by atomic mass is 16.3. The Morgan fingerprint density at radius 1 is 1.43 bits per heavy atom. The maximum absolute atomic E-state index is 12.3. The second-order valence-corrected chi connectivity index (χ2v) is 6.52. The van der Waals surface area contributed by atoms with Gasteiger partial charge in [-0.2, -0.15) is 0 Å². The number of carbonyl (C=O) groups excluding carboxylic acids is 1. The molecule has 0 aromatic carbocycles. The van der Waals surface area contributed by atoms with Crippen LogP contribution in [-0.4, -0.2) is 35.1 Å². The highest BCUT2D eigenvalue weighted by molar-refractivity contribution is 5.76. The van der Waals surface area contributed by atoms with E-state index in [0.717, 1.165) is 30.3 Å². The SMILES string of the molecule is CC1CC1c1ccc(CCC(=O)N(CCO)C2CCC2)o1. The van der Waals surface area contributed by atoms with Crippen molar-refractivity contribution < 1.29 is 14.3 Å². The summed E-state index contributed by atoms with van der Waals surface area (Å²) in [4.78, 5) is 14.2. The summed E-state index contributed by atoms with van der Waals surface area (Å²) in [6, 6.07) is 4.42. The summed E-state index contributed by atoms with van der Waals surface area (Å²) in [5.41, 5.74) is 0. The molecular formula is C17H25NO3. The molecule has 1 aromatic rings. The normalized spacial score (nSPS) is 24.7. The van der Waals surface area contributed by atoms with Gasteiger partial charge in [-0.15, -0.1) is 0 Å². The van der Waals surface area contributed by atoms with E-state index in [9.17, 15) is 4.79 Å². The Balaban J connectivity index is 1.51. The van der Waals surface area contributed by atoms with Crippen molar-refractivity contribution in [3.63, 3.8) is 0 Å². The van der Waals surface area contributed by atoms with Crippen LogP contribution in [0.15, 0.2) is 16.5 Å². The van der Waals surface area contributed by atoms with Crippen molar-refractivity contribution in [2.45, 2.75) is 57.4 Å². The van der Waals surface area contributed by atoms with Gasteiger partial charge in [0, 0.05) is 31.3 Å². The fourth-order valence-electron chi connectivity index (χ4n) is 3.14. The Kier molecular flexibility index (Phi) is 4.34. The van der Waals surface area contributed by atoms with Gasteiger partial charge in [-0.3, -0.25) is 4.79 Å². The second kappa shape index (κ2) is 6.22. The van der Waals surface area contributed by atoms with Crippen molar-refractivity contribution >= 4 is 5.91 Å². The first kappa shape index (κ1) is 14.6. The molecule has 4 heteroatoms. The lowest BCUT2D eigenvalue weighted by atomic mass is 9.91. The number of rotatable bonds is 7. The van der Waals surface area contributed by atoms with Crippen LogP contribution in [0.2, 0.25) is 0 Å². The maximum atomic E-state index is 12.3. The van der Waals surface area contributed by atoms with Crippen LogP contribution in [0.5, 0.6) is 0 Å². The van der Waals surface area contributed by atoms with Crippen LogP contribution in [0.25, 0.3) is 0 Å². The molecule has 0 saturated heterocycles. The number of aliphatic hydroxyl groups is 1. The molecule has 0 radical (unpaired) electrons. The standard InChI is InChI=1S/C17H25NO3/c1-12-11-15(12)16-7-5-14(21-16)6-8-17(20)18(9-10-19)13-3-2-4-13/h5,7,12-13,15,19H,2-4,6,8-11H2,1H3. The van der Waals surface area contributed by atoms with Gasteiger partial charge < -0.3 is 14.4 Å². The topological polar surface area (TPSA) is 53.7 Å².